The highest BCUT2D eigenvalue weighted by molar-refractivity contribution is 5.59. The molecule has 1 fully saturated rings. The van der Waals surface area contributed by atoms with Crippen molar-refractivity contribution in [3.8, 4) is 11.3 Å². The molecule has 3 nitrogen and oxygen atoms in total. The fourth-order valence-corrected chi connectivity index (χ4v) is 2.61. The first-order valence-corrected chi connectivity index (χ1v) is 6.82. The summed E-state index contributed by atoms with van der Waals surface area (Å²) in [5, 5.41) is 3.03. The highest BCUT2D eigenvalue weighted by Crippen LogP contribution is 2.28. The lowest BCUT2D eigenvalue weighted by Gasteiger charge is -2.24. The molecule has 2 heterocycles. The van der Waals surface area contributed by atoms with E-state index < -0.39 is 6.17 Å². The van der Waals surface area contributed by atoms with E-state index in [2.05, 4.69) is 15.3 Å². The maximum atomic E-state index is 13.9. The first kappa shape index (κ1) is 13.2. The second kappa shape index (κ2) is 5.32. The van der Waals surface area contributed by atoms with Crippen LogP contribution in [0.2, 0.25) is 0 Å². The molecule has 106 valence electrons. The van der Waals surface area contributed by atoms with Crippen LogP contribution < -0.4 is 5.32 Å². The predicted molar refractivity (Wildman–Crippen MR) is 73.8 cm³/mol. The molecular weight excluding hydrogens is 260 g/mol. The van der Waals surface area contributed by atoms with Crippen LogP contribution in [0.4, 0.5) is 8.78 Å². The monoisotopic (exact) mass is 277 g/mol. The summed E-state index contributed by atoms with van der Waals surface area (Å²) >= 11 is 0. The van der Waals surface area contributed by atoms with Crippen molar-refractivity contribution in [2.75, 3.05) is 13.1 Å². The molecule has 1 saturated heterocycles. The van der Waals surface area contributed by atoms with Crippen molar-refractivity contribution < 1.29 is 8.78 Å². The minimum absolute atomic E-state index is 0.188. The largest absolute Gasteiger partial charge is 0.348 e. The molecule has 3 rings (SSSR count). The fraction of sp³-hybridized carbons (Fsp3) is 0.400. The van der Waals surface area contributed by atoms with E-state index in [1.807, 2.05) is 0 Å². The number of benzene rings is 1. The number of H-pyrrole nitrogens is 1. The molecule has 2 atom stereocenters. The van der Waals surface area contributed by atoms with Gasteiger partial charge in [-0.3, -0.25) is 0 Å². The molecule has 5 heteroatoms. The van der Waals surface area contributed by atoms with Crippen molar-refractivity contribution in [1.82, 2.24) is 15.3 Å². The van der Waals surface area contributed by atoms with E-state index in [9.17, 15) is 8.78 Å². The molecule has 0 bridgehead atoms. The number of alkyl halides is 1. The molecule has 0 spiro atoms. The number of halogens is 2. The van der Waals surface area contributed by atoms with Crippen LogP contribution in [0.25, 0.3) is 11.3 Å². The summed E-state index contributed by atoms with van der Waals surface area (Å²) in [5.41, 5.74) is 2.15. The topological polar surface area (TPSA) is 40.7 Å². The third kappa shape index (κ3) is 2.45. The van der Waals surface area contributed by atoms with Crippen LogP contribution in [0.15, 0.2) is 24.4 Å². The molecular formula is C15H17F2N3. The molecule has 1 aliphatic rings. The minimum Gasteiger partial charge on any atom is -0.348 e. The lowest BCUT2D eigenvalue weighted by Crippen LogP contribution is -2.37. The van der Waals surface area contributed by atoms with Crippen LogP contribution >= 0.6 is 0 Å². The van der Waals surface area contributed by atoms with Crippen LogP contribution in [0.3, 0.4) is 0 Å². The molecule has 1 aliphatic heterocycles. The first-order chi connectivity index (χ1) is 9.65. The summed E-state index contributed by atoms with van der Waals surface area (Å²) in [6, 6.07) is 4.88. The number of nitrogens with one attached hydrogen (secondary N) is 2. The zero-order valence-electron chi connectivity index (χ0n) is 11.3. The number of rotatable bonds is 2. The van der Waals surface area contributed by atoms with Crippen molar-refractivity contribution in [2.24, 2.45) is 0 Å². The summed E-state index contributed by atoms with van der Waals surface area (Å²) in [6.07, 6.45) is 1.57. The van der Waals surface area contributed by atoms with Gasteiger partial charge >= 0.3 is 0 Å². The SMILES string of the molecule is Cc1cc(-c2c[nH]c(C3CCNCC3F)n2)ccc1F. The van der Waals surface area contributed by atoms with E-state index in [0.717, 1.165) is 24.2 Å². The molecule has 1 aromatic carbocycles. The van der Waals surface area contributed by atoms with Crippen molar-refractivity contribution in [1.29, 1.82) is 0 Å². The third-order valence-electron chi connectivity index (χ3n) is 3.81. The number of hydrogen-bond acceptors (Lipinski definition) is 2. The van der Waals surface area contributed by atoms with Gasteiger partial charge in [-0.05, 0) is 43.7 Å². The van der Waals surface area contributed by atoms with E-state index >= 15 is 0 Å². The number of aryl methyl sites for hydroxylation is 1. The number of piperidine rings is 1. The normalized spacial score (nSPS) is 22.9. The molecule has 1 aromatic heterocycles. The maximum Gasteiger partial charge on any atom is 0.126 e. The standard InChI is InChI=1S/C15H17F2N3/c1-9-6-10(2-3-12(9)16)14-8-19-15(20-14)11-4-5-18-7-13(11)17/h2-3,6,8,11,13,18H,4-5,7H2,1H3,(H,19,20). The predicted octanol–water partition coefficient (Wildman–Crippen LogP) is 2.94. The van der Waals surface area contributed by atoms with E-state index in [4.69, 9.17) is 0 Å². The summed E-state index contributed by atoms with van der Waals surface area (Å²) in [7, 11) is 0. The number of nitrogens with zero attached hydrogens (tertiary/aromatic N) is 1. The van der Waals surface area contributed by atoms with E-state index in [0.29, 0.717) is 17.9 Å². The Morgan fingerprint density at radius 1 is 1.35 bits per heavy atom. The maximum absolute atomic E-state index is 13.9. The van der Waals surface area contributed by atoms with E-state index in [1.54, 1.807) is 25.3 Å². The number of aromatic nitrogens is 2. The minimum atomic E-state index is -0.919. The van der Waals surface area contributed by atoms with Gasteiger partial charge < -0.3 is 10.3 Å². The Hall–Kier alpha value is -1.75. The Morgan fingerprint density at radius 3 is 2.95 bits per heavy atom. The highest BCUT2D eigenvalue weighted by atomic mass is 19.1. The van der Waals surface area contributed by atoms with E-state index in [-0.39, 0.29) is 11.7 Å². The molecule has 0 radical (unpaired) electrons. The lowest BCUT2D eigenvalue weighted by molar-refractivity contribution is 0.226. The summed E-state index contributed by atoms with van der Waals surface area (Å²) in [6.45, 7) is 2.89. The number of aromatic amines is 1. The van der Waals surface area contributed by atoms with Gasteiger partial charge in [0.05, 0.1) is 11.6 Å². The molecule has 2 aromatic rings. The van der Waals surface area contributed by atoms with Crippen LogP contribution in [-0.2, 0) is 0 Å². The Bertz CT molecular complexity index is 609. The Balaban J connectivity index is 1.87. The highest BCUT2D eigenvalue weighted by Gasteiger charge is 2.28. The fourth-order valence-electron chi connectivity index (χ4n) is 2.61. The first-order valence-electron chi connectivity index (χ1n) is 6.82. The Kier molecular flexibility index (Phi) is 3.53. The molecule has 0 aliphatic carbocycles. The van der Waals surface area contributed by atoms with Gasteiger partial charge in [0.1, 0.15) is 17.8 Å². The van der Waals surface area contributed by atoms with Crippen molar-refractivity contribution in [3.63, 3.8) is 0 Å². The average Bonchev–Trinajstić information content (AvgIpc) is 2.92. The average molecular weight is 277 g/mol. The molecule has 0 saturated carbocycles. The van der Waals surface area contributed by atoms with Gasteiger partial charge in [0.2, 0.25) is 0 Å². The number of imidazole rings is 1. The quantitative estimate of drug-likeness (QED) is 0.886. The zero-order valence-corrected chi connectivity index (χ0v) is 11.3. The lowest BCUT2D eigenvalue weighted by atomic mass is 9.95. The van der Waals surface area contributed by atoms with Crippen LogP contribution in [0, 0.1) is 12.7 Å². The van der Waals surface area contributed by atoms with Gasteiger partial charge in [-0.1, -0.05) is 0 Å². The van der Waals surface area contributed by atoms with Gasteiger partial charge in [0.25, 0.3) is 0 Å². The van der Waals surface area contributed by atoms with Gasteiger partial charge in [-0.15, -0.1) is 0 Å². The molecule has 20 heavy (non-hydrogen) atoms. The Morgan fingerprint density at radius 2 is 2.20 bits per heavy atom. The molecule has 2 N–H and O–H groups in total. The number of hydrogen-bond donors (Lipinski definition) is 2. The summed E-state index contributed by atoms with van der Waals surface area (Å²) in [5.74, 6) is 0.259. The summed E-state index contributed by atoms with van der Waals surface area (Å²) in [4.78, 5) is 7.55. The second-order valence-electron chi connectivity index (χ2n) is 5.25. The van der Waals surface area contributed by atoms with Gasteiger partial charge in [0, 0.05) is 18.3 Å². The molecule has 0 amide bonds. The van der Waals surface area contributed by atoms with Crippen molar-refractivity contribution >= 4 is 0 Å². The van der Waals surface area contributed by atoms with Gasteiger partial charge in [-0.2, -0.15) is 0 Å². The van der Waals surface area contributed by atoms with Gasteiger partial charge in [-0.25, -0.2) is 13.8 Å². The van der Waals surface area contributed by atoms with E-state index in [1.165, 1.54) is 6.07 Å². The molecule has 2 unspecified atom stereocenters. The van der Waals surface area contributed by atoms with Crippen LogP contribution in [-0.4, -0.2) is 29.2 Å². The Labute approximate surface area is 116 Å². The third-order valence-corrected chi connectivity index (χ3v) is 3.81. The smallest absolute Gasteiger partial charge is 0.126 e. The van der Waals surface area contributed by atoms with Crippen LogP contribution in [0.1, 0.15) is 23.7 Å². The van der Waals surface area contributed by atoms with Crippen molar-refractivity contribution in [3.05, 3.63) is 41.6 Å². The van der Waals surface area contributed by atoms with Crippen molar-refractivity contribution in [2.45, 2.75) is 25.4 Å². The second-order valence-corrected chi connectivity index (χ2v) is 5.25. The van der Waals surface area contributed by atoms with Gasteiger partial charge in [0.15, 0.2) is 0 Å². The summed E-state index contributed by atoms with van der Waals surface area (Å²) < 4.78 is 27.2. The zero-order chi connectivity index (χ0) is 14.1. The van der Waals surface area contributed by atoms with Crippen LogP contribution in [0.5, 0.6) is 0 Å².